The summed E-state index contributed by atoms with van der Waals surface area (Å²) in [7, 11) is 1.74. The van der Waals surface area contributed by atoms with Crippen LogP contribution in [0.3, 0.4) is 0 Å². The Morgan fingerprint density at radius 2 is 2.45 bits per heavy atom. The van der Waals surface area contributed by atoms with Crippen LogP contribution in [0.15, 0.2) is 17.5 Å². The highest BCUT2D eigenvalue weighted by molar-refractivity contribution is 7.09. The Bertz CT molecular complexity index is 449. The van der Waals surface area contributed by atoms with Crippen LogP contribution in [0.25, 0.3) is 0 Å². The maximum atomic E-state index is 12.1. The summed E-state index contributed by atoms with van der Waals surface area (Å²) in [5.74, 6) is 0.642. The summed E-state index contributed by atoms with van der Waals surface area (Å²) in [5, 5.41) is 4.94. The molecule has 0 saturated carbocycles. The molecule has 0 spiro atoms. The summed E-state index contributed by atoms with van der Waals surface area (Å²) in [6.07, 6.45) is 2.17. The lowest BCUT2D eigenvalue weighted by Crippen LogP contribution is -2.52. The number of piperidine rings is 1. The molecule has 2 saturated heterocycles. The minimum atomic E-state index is 0.116. The van der Waals surface area contributed by atoms with Gasteiger partial charge in [0.15, 0.2) is 0 Å². The Kier molecular flexibility index (Phi) is 4.38. The van der Waals surface area contributed by atoms with Crippen LogP contribution in [0.5, 0.6) is 0 Å². The van der Waals surface area contributed by atoms with Crippen LogP contribution < -0.4 is 5.32 Å². The van der Waals surface area contributed by atoms with Gasteiger partial charge in [-0.05, 0) is 24.3 Å². The minimum Gasteiger partial charge on any atom is -0.378 e. The van der Waals surface area contributed by atoms with Crippen molar-refractivity contribution in [2.45, 2.75) is 25.5 Å². The number of nitrogens with one attached hydrogen (secondary N) is 1. The highest BCUT2D eigenvalue weighted by Gasteiger charge is 2.41. The van der Waals surface area contributed by atoms with Gasteiger partial charge in [0.25, 0.3) is 0 Å². The normalized spacial score (nSPS) is 30.8. The van der Waals surface area contributed by atoms with Gasteiger partial charge in [-0.15, -0.1) is 11.3 Å². The second-order valence-electron chi connectivity index (χ2n) is 5.69. The molecule has 0 radical (unpaired) electrons. The molecule has 0 aromatic carbocycles. The van der Waals surface area contributed by atoms with E-state index in [0.717, 1.165) is 39.1 Å². The molecule has 3 heterocycles. The number of carbonyl (C=O) groups excluding carboxylic acids is 1. The van der Waals surface area contributed by atoms with E-state index in [-0.39, 0.29) is 17.9 Å². The minimum absolute atomic E-state index is 0.116. The number of nitrogens with zero attached hydrogens (tertiary/aromatic N) is 1. The molecule has 2 aliphatic rings. The zero-order valence-electron chi connectivity index (χ0n) is 11.9. The first-order chi connectivity index (χ1) is 9.78. The molecule has 0 bridgehead atoms. The summed E-state index contributed by atoms with van der Waals surface area (Å²) in [6.45, 7) is 3.77. The third-order valence-electron chi connectivity index (χ3n) is 4.50. The van der Waals surface area contributed by atoms with E-state index in [9.17, 15) is 4.79 Å². The zero-order valence-corrected chi connectivity index (χ0v) is 12.7. The molecule has 0 aliphatic carbocycles. The summed E-state index contributed by atoms with van der Waals surface area (Å²) < 4.78 is 5.89. The quantitative estimate of drug-likeness (QED) is 0.923. The van der Waals surface area contributed by atoms with Crippen molar-refractivity contribution in [1.82, 2.24) is 10.2 Å². The standard InChI is InChI=1S/C15H22N2O2S/c1-16-15(18)12-5-7-19-14-4-6-17(10-13(12)14)9-11-3-2-8-20-11/h2-3,8,12-14H,4-7,9-10H2,1H3,(H,16,18)/t12-,13+,14-/m1/s1. The first-order valence-electron chi connectivity index (χ1n) is 7.36. The van der Waals surface area contributed by atoms with E-state index in [1.165, 1.54) is 4.88 Å². The number of amides is 1. The molecule has 1 amide bonds. The number of thiophene rings is 1. The van der Waals surface area contributed by atoms with E-state index in [1.54, 1.807) is 18.4 Å². The Hall–Kier alpha value is -0.910. The fourth-order valence-corrected chi connectivity index (χ4v) is 4.21. The molecule has 3 rings (SSSR count). The van der Waals surface area contributed by atoms with Crippen LogP contribution in [0.4, 0.5) is 0 Å². The van der Waals surface area contributed by atoms with Crippen molar-refractivity contribution < 1.29 is 9.53 Å². The second kappa shape index (κ2) is 6.24. The largest absolute Gasteiger partial charge is 0.378 e. The van der Waals surface area contributed by atoms with Crippen LogP contribution in [-0.2, 0) is 16.1 Å². The molecule has 110 valence electrons. The fourth-order valence-electron chi connectivity index (χ4n) is 3.46. The van der Waals surface area contributed by atoms with Gasteiger partial charge in [0.2, 0.25) is 5.91 Å². The predicted octanol–water partition coefficient (Wildman–Crippen LogP) is 1.72. The molecule has 20 heavy (non-hydrogen) atoms. The third kappa shape index (κ3) is 2.90. The fraction of sp³-hybridized carbons (Fsp3) is 0.667. The van der Waals surface area contributed by atoms with E-state index in [4.69, 9.17) is 4.74 Å². The number of hydrogen-bond donors (Lipinski definition) is 1. The average Bonchev–Trinajstić information content (AvgIpc) is 2.98. The number of likely N-dealkylation sites (tertiary alicyclic amines) is 1. The molecular weight excluding hydrogens is 272 g/mol. The van der Waals surface area contributed by atoms with Crippen LogP contribution in [0, 0.1) is 11.8 Å². The topological polar surface area (TPSA) is 41.6 Å². The van der Waals surface area contributed by atoms with Crippen molar-refractivity contribution in [3.05, 3.63) is 22.4 Å². The smallest absolute Gasteiger partial charge is 0.223 e. The van der Waals surface area contributed by atoms with Crippen molar-refractivity contribution in [3.63, 3.8) is 0 Å². The first-order valence-corrected chi connectivity index (χ1v) is 8.24. The summed E-state index contributed by atoms with van der Waals surface area (Å²) in [5.41, 5.74) is 0. The molecule has 1 aromatic heterocycles. The molecule has 4 nitrogen and oxygen atoms in total. The van der Waals surface area contributed by atoms with Crippen molar-refractivity contribution in [3.8, 4) is 0 Å². The van der Waals surface area contributed by atoms with Gasteiger partial charge in [-0.25, -0.2) is 0 Å². The molecule has 2 aliphatic heterocycles. The molecule has 1 N–H and O–H groups in total. The van der Waals surface area contributed by atoms with Crippen molar-refractivity contribution >= 4 is 17.2 Å². The zero-order chi connectivity index (χ0) is 13.9. The lowest BCUT2D eigenvalue weighted by molar-refractivity contribution is -0.141. The van der Waals surface area contributed by atoms with E-state index in [0.29, 0.717) is 5.92 Å². The van der Waals surface area contributed by atoms with Gasteiger partial charge in [0, 0.05) is 50.0 Å². The number of hydrogen-bond acceptors (Lipinski definition) is 4. The van der Waals surface area contributed by atoms with Gasteiger partial charge in [-0.3, -0.25) is 9.69 Å². The van der Waals surface area contributed by atoms with Crippen molar-refractivity contribution in [2.75, 3.05) is 26.7 Å². The predicted molar refractivity (Wildman–Crippen MR) is 79.6 cm³/mol. The number of fused-ring (bicyclic) bond motifs is 1. The van der Waals surface area contributed by atoms with Crippen LogP contribution in [-0.4, -0.2) is 43.7 Å². The van der Waals surface area contributed by atoms with Crippen molar-refractivity contribution in [1.29, 1.82) is 0 Å². The Morgan fingerprint density at radius 1 is 1.55 bits per heavy atom. The van der Waals surface area contributed by atoms with E-state index < -0.39 is 0 Å². The van der Waals surface area contributed by atoms with Gasteiger partial charge < -0.3 is 10.1 Å². The van der Waals surface area contributed by atoms with Gasteiger partial charge in [-0.1, -0.05) is 6.07 Å². The van der Waals surface area contributed by atoms with Gasteiger partial charge in [0.05, 0.1) is 6.10 Å². The van der Waals surface area contributed by atoms with Crippen molar-refractivity contribution in [2.24, 2.45) is 11.8 Å². The molecule has 2 fully saturated rings. The Balaban J connectivity index is 1.67. The Labute approximate surface area is 124 Å². The third-order valence-corrected chi connectivity index (χ3v) is 5.36. The SMILES string of the molecule is CNC(=O)[C@@H]1CCO[C@@H]2CCN(Cc3cccs3)C[C@H]21. The lowest BCUT2D eigenvalue weighted by atomic mass is 9.79. The van der Waals surface area contributed by atoms with Gasteiger partial charge in [-0.2, -0.15) is 0 Å². The van der Waals surface area contributed by atoms with E-state index >= 15 is 0 Å². The number of ether oxygens (including phenoxy) is 1. The molecular formula is C15H22N2O2S. The summed E-state index contributed by atoms with van der Waals surface area (Å²) >= 11 is 1.81. The monoisotopic (exact) mass is 294 g/mol. The molecule has 3 atom stereocenters. The van der Waals surface area contributed by atoms with Gasteiger partial charge in [0.1, 0.15) is 0 Å². The first kappa shape index (κ1) is 14.0. The van der Waals surface area contributed by atoms with E-state index in [1.807, 2.05) is 0 Å². The lowest BCUT2D eigenvalue weighted by Gasteiger charge is -2.44. The number of rotatable bonds is 3. The summed E-state index contributed by atoms with van der Waals surface area (Å²) in [6, 6.07) is 4.29. The average molecular weight is 294 g/mol. The van der Waals surface area contributed by atoms with Crippen LogP contribution >= 0.6 is 11.3 Å². The number of carbonyl (C=O) groups is 1. The van der Waals surface area contributed by atoms with Gasteiger partial charge >= 0.3 is 0 Å². The molecule has 1 aromatic rings. The highest BCUT2D eigenvalue weighted by Crippen LogP contribution is 2.34. The molecule has 5 heteroatoms. The maximum Gasteiger partial charge on any atom is 0.223 e. The maximum absolute atomic E-state index is 12.1. The van der Waals surface area contributed by atoms with Crippen LogP contribution in [0.2, 0.25) is 0 Å². The second-order valence-corrected chi connectivity index (χ2v) is 6.72. The molecule has 0 unspecified atom stereocenters. The van der Waals surface area contributed by atoms with Crippen LogP contribution in [0.1, 0.15) is 17.7 Å². The highest BCUT2D eigenvalue weighted by atomic mass is 32.1. The summed E-state index contributed by atoms with van der Waals surface area (Å²) in [4.78, 5) is 15.9. The van der Waals surface area contributed by atoms with E-state index in [2.05, 4.69) is 27.7 Å². The Morgan fingerprint density at radius 3 is 3.20 bits per heavy atom.